The van der Waals surface area contributed by atoms with Gasteiger partial charge in [0.2, 0.25) is 0 Å². The van der Waals surface area contributed by atoms with Crippen LogP contribution in [0.5, 0.6) is 0 Å². The molecule has 0 N–H and O–H groups in total. The van der Waals surface area contributed by atoms with Crippen LogP contribution in [0.1, 0.15) is 18.2 Å². The smallest absolute Gasteiger partial charge is 0.259 e. The summed E-state index contributed by atoms with van der Waals surface area (Å²) < 4.78 is 95.2. The average molecular weight is 499 g/mol. The first-order valence-corrected chi connectivity index (χ1v) is 11.1. The van der Waals surface area contributed by atoms with Crippen LogP contribution in [0.4, 0.5) is 36.4 Å². The summed E-state index contributed by atoms with van der Waals surface area (Å²) in [5.74, 6) is -7.33. The zero-order valence-corrected chi connectivity index (χ0v) is 18.3. The van der Waals surface area contributed by atoms with Gasteiger partial charge in [0.1, 0.15) is 17.6 Å². The Balaban J connectivity index is 1.77. The number of anilines is 1. The Kier molecular flexibility index (Phi) is 6.32. The summed E-state index contributed by atoms with van der Waals surface area (Å²) in [6.45, 7) is 0. The number of alkyl halides is 5. The molecular weight excluding hydrogens is 483 g/mol. The van der Waals surface area contributed by atoms with Gasteiger partial charge in [-0.25, -0.2) is 8.78 Å². The first-order chi connectivity index (χ1) is 16.0. The predicted molar refractivity (Wildman–Crippen MR) is 116 cm³/mol. The fraction of sp³-hybridized carbons (Fsp3) is 0.217. The number of nitrogens with zero attached hydrogens (tertiary/aromatic N) is 3. The number of hydrogen-bond acceptors (Lipinski definition) is 4. The lowest BCUT2D eigenvalue weighted by molar-refractivity contribution is -0.249. The van der Waals surface area contributed by atoms with Crippen molar-refractivity contribution in [3.63, 3.8) is 0 Å². The Hall–Kier alpha value is -3.08. The Morgan fingerprint density at radius 2 is 1.62 bits per heavy atom. The summed E-state index contributed by atoms with van der Waals surface area (Å²) >= 11 is 1.54. The molecule has 4 rings (SSSR count). The average Bonchev–Trinajstić information content (AvgIpc) is 3.24. The van der Waals surface area contributed by atoms with Crippen LogP contribution < -0.4 is 5.01 Å². The van der Waals surface area contributed by atoms with Gasteiger partial charge in [-0.3, -0.25) is 9.99 Å². The van der Waals surface area contributed by atoms with Crippen LogP contribution in [0.25, 0.3) is 11.1 Å². The molecule has 0 saturated heterocycles. The number of halogens is 7. The molecule has 1 atom stereocenters. The third-order valence-corrected chi connectivity index (χ3v) is 6.07. The second kappa shape index (κ2) is 8.94. The van der Waals surface area contributed by atoms with E-state index >= 15 is 0 Å². The van der Waals surface area contributed by atoms with Crippen LogP contribution in [0, 0.1) is 11.6 Å². The molecule has 0 spiro atoms. The molecule has 11 heteroatoms. The number of aromatic nitrogens is 1. The van der Waals surface area contributed by atoms with Crippen molar-refractivity contribution in [2.24, 2.45) is 5.10 Å². The first kappa shape index (κ1) is 24.1. The predicted octanol–water partition coefficient (Wildman–Crippen LogP) is 7.25. The van der Waals surface area contributed by atoms with Crippen molar-refractivity contribution in [1.82, 2.24) is 4.98 Å². The molecule has 0 bridgehead atoms. The maximum atomic E-state index is 14.5. The summed E-state index contributed by atoms with van der Waals surface area (Å²) in [6, 6.07) is 11.6. The van der Waals surface area contributed by atoms with Gasteiger partial charge in [0.15, 0.2) is 5.82 Å². The molecule has 2 aromatic carbocycles. The van der Waals surface area contributed by atoms with Crippen LogP contribution in [0.15, 0.2) is 70.8 Å². The third-order valence-electron chi connectivity index (χ3n) is 5.33. The number of thioether (sulfide) groups is 1. The van der Waals surface area contributed by atoms with E-state index in [0.717, 1.165) is 22.6 Å². The lowest BCUT2D eigenvalue weighted by Gasteiger charge is -2.24. The Morgan fingerprint density at radius 3 is 2.24 bits per heavy atom. The van der Waals surface area contributed by atoms with Crippen molar-refractivity contribution < 1.29 is 30.7 Å². The Labute approximate surface area is 194 Å². The van der Waals surface area contributed by atoms with Gasteiger partial charge in [0.25, 0.3) is 0 Å². The first-order valence-electron chi connectivity index (χ1n) is 9.88. The minimum absolute atomic E-state index is 0.104. The van der Waals surface area contributed by atoms with Gasteiger partial charge in [-0.05, 0) is 53.8 Å². The summed E-state index contributed by atoms with van der Waals surface area (Å²) in [6.07, 6.45) is -3.45. The van der Waals surface area contributed by atoms with Gasteiger partial charge in [-0.1, -0.05) is 12.1 Å². The van der Waals surface area contributed by atoms with E-state index < -0.39 is 47.6 Å². The van der Waals surface area contributed by atoms with Crippen molar-refractivity contribution in [3.05, 3.63) is 78.1 Å². The van der Waals surface area contributed by atoms with Gasteiger partial charge in [0.05, 0.1) is 11.4 Å². The second-order valence-electron chi connectivity index (χ2n) is 7.48. The Bertz CT molecular complexity index is 1230. The molecule has 0 saturated carbocycles. The third kappa shape index (κ3) is 4.48. The van der Waals surface area contributed by atoms with Crippen LogP contribution in [-0.2, 0) is 0 Å². The van der Waals surface area contributed by atoms with E-state index in [1.54, 1.807) is 17.8 Å². The Morgan fingerprint density at radius 1 is 0.912 bits per heavy atom. The topological polar surface area (TPSA) is 28.5 Å². The molecule has 1 aliphatic rings. The van der Waals surface area contributed by atoms with E-state index in [4.69, 9.17) is 0 Å². The van der Waals surface area contributed by atoms with E-state index in [9.17, 15) is 30.7 Å². The van der Waals surface area contributed by atoms with Gasteiger partial charge < -0.3 is 0 Å². The highest BCUT2D eigenvalue weighted by atomic mass is 32.2. The minimum atomic E-state index is -5.89. The fourth-order valence-electron chi connectivity index (χ4n) is 3.58. The maximum Gasteiger partial charge on any atom is 0.459 e. The number of benzene rings is 2. The van der Waals surface area contributed by atoms with Gasteiger partial charge in [-0.2, -0.15) is 27.1 Å². The normalized spacial score (nSPS) is 16.6. The number of rotatable bonds is 5. The molecule has 2 heterocycles. The molecule has 1 unspecified atom stereocenters. The molecule has 178 valence electrons. The standard InChI is InChI=1S/C23H16F7N3S/c1-34-16-5-2-13(3-6-16)14-8-9-31-18(10-14)20-12-21(22(26,27)23(28,29)30)32-33(20)19-7-4-15(24)11-17(19)25/h2-11,20H,12H2,1H3. The number of hydrazone groups is 1. The van der Waals surface area contributed by atoms with Crippen molar-refractivity contribution >= 4 is 23.2 Å². The maximum absolute atomic E-state index is 14.5. The molecule has 34 heavy (non-hydrogen) atoms. The monoisotopic (exact) mass is 499 g/mol. The van der Waals surface area contributed by atoms with Crippen molar-refractivity contribution in [1.29, 1.82) is 0 Å². The molecule has 1 aliphatic heterocycles. The number of hydrogen-bond donors (Lipinski definition) is 0. The van der Waals surface area contributed by atoms with E-state index in [0.29, 0.717) is 16.6 Å². The molecule has 1 aromatic heterocycles. The van der Waals surface area contributed by atoms with Gasteiger partial charge in [-0.15, -0.1) is 11.8 Å². The lowest BCUT2D eigenvalue weighted by atomic mass is 9.99. The molecule has 0 aliphatic carbocycles. The largest absolute Gasteiger partial charge is 0.459 e. The molecule has 3 nitrogen and oxygen atoms in total. The summed E-state index contributed by atoms with van der Waals surface area (Å²) in [5.41, 5.74) is -0.429. The lowest BCUT2D eigenvalue weighted by Crippen LogP contribution is -2.43. The SMILES string of the molecule is CSc1ccc(-c2ccnc(C3CC(C(F)(F)C(F)(F)F)=NN3c3ccc(F)cc3F)c2)cc1. The van der Waals surface area contributed by atoms with Gasteiger partial charge >= 0.3 is 12.1 Å². The highest BCUT2D eigenvalue weighted by Gasteiger charge is 2.63. The highest BCUT2D eigenvalue weighted by molar-refractivity contribution is 7.98. The molecule has 0 amide bonds. The van der Waals surface area contributed by atoms with Crippen molar-refractivity contribution in [2.45, 2.75) is 29.5 Å². The van der Waals surface area contributed by atoms with Crippen LogP contribution in [0.3, 0.4) is 0 Å². The van der Waals surface area contributed by atoms with Crippen molar-refractivity contribution in [3.8, 4) is 11.1 Å². The van der Waals surface area contributed by atoms with Crippen LogP contribution in [0.2, 0.25) is 0 Å². The summed E-state index contributed by atoms with van der Waals surface area (Å²) in [4.78, 5) is 5.15. The zero-order valence-electron chi connectivity index (χ0n) is 17.5. The summed E-state index contributed by atoms with van der Waals surface area (Å²) in [7, 11) is 0. The van der Waals surface area contributed by atoms with E-state index in [1.807, 2.05) is 30.5 Å². The summed E-state index contributed by atoms with van der Waals surface area (Å²) in [5, 5.41) is 4.15. The van der Waals surface area contributed by atoms with Crippen LogP contribution in [-0.4, -0.2) is 29.1 Å². The number of pyridine rings is 1. The van der Waals surface area contributed by atoms with E-state index in [-0.39, 0.29) is 5.69 Å². The second-order valence-corrected chi connectivity index (χ2v) is 8.36. The zero-order chi connectivity index (χ0) is 24.7. The van der Waals surface area contributed by atoms with E-state index in [2.05, 4.69) is 10.1 Å². The highest BCUT2D eigenvalue weighted by Crippen LogP contribution is 2.45. The molecule has 3 aromatic rings. The fourth-order valence-corrected chi connectivity index (χ4v) is 3.99. The van der Waals surface area contributed by atoms with E-state index in [1.165, 1.54) is 12.3 Å². The quantitative estimate of drug-likeness (QED) is 0.273. The van der Waals surface area contributed by atoms with Gasteiger partial charge in [0, 0.05) is 23.6 Å². The minimum Gasteiger partial charge on any atom is -0.259 e. The van der Waals surface area contributed by atoms with Crippen molar-refractivity contribution in [2.75, 3.05) is 11.3 Å². The molecular formula is C23H16F7N3S. The molecule has 0 fully saturated rings. The molecule has 0 radical (unpaired) electrons. The van der Waals surface area contributed by atoms with Crippen LogP contribution >= 0.6 is 11.8 Å².